The number of carbonyl (C=O) groups is 1. The first-order valence-corrected chi connectivity index (χ1v) is 10.4. The first-order chi connectivity index (χ1) is 12.6. The highest BCUT2D eigenvalue weighted by atomic mass is 32.2. The van der Waals surface area contributed by atoms with Crippen molar-refractivity contribution in [3.05, 3.63) is 35.3 Å². The zero-order valence-corrected chi connectivity index (χ0v) is 17.6. The van der Waals surface area contributed by atoms with E-state index in [9.17, 15) is 9.90 Å². The Morgan fingerprint density at radius 2 is 2.11 bits per heavy atom. The Hall–Kier alpha value is -1.99. The van der Waals surface area contributed by atoms with Crippen LogP contribution < -0.4 is 5.73 Å². The van der Waals surface area contributed by atoms with Crippen molar-refractivity contribution in [1.29, 1.82) is 0 Å². The van der Waals surface area contributed by atoms with Crippen LogP contribution in [0.3, 0.4) is 0 Å². The number of primary amides is 1. The highest BCUT2D eigenvalue weighted by molar-refractivity contribution is 7.98. The molecule has 0 saturated heterocycles. The first kappa shape index (κ1) is 21.3. The molecular formula is C20H30N4O2S. The van der Waals surface area contributed by atoms with Gasteiger partial charge in [0.05, 0.1) is 11.0 Å². The molecule has 0 aliphatic carbocycles. The third-order valence-electron chi connectivity index (χ3n) is 4.27. The molecule has 2 aromatic rings. The molecule has 148 valence electrons. The van der Waals surface area contributed by atoms with Crippen LogP contribution in [0.4, 0.5) is 0 Å². The van der Waals surface area contributed by atoms with Crippen molar-refractivity contribution in [3.63, 3.8) is 0 Å². The van der Waals surface area contributed by atoms with Crippen molar-refractivity contribution < 1.29 is 9.90 Å². The number of hydrogen-bond donors (Lipinski definition) is 2. The van der Waals surface area contributed by atoms with E-state index in [0.29, 0.717) is 5.56 Å². The van der Waals surface area contributed by atoms with Gasteiger partial charge in [0.15, 0.2) is 5.76 Å². The van der Waals surface area contributed by atoms with E-state index in [0.717, 1.165) is 42.1 Å². The fourth-order valence-corrected chi connectivity index (χ4v) is 3.80. The maximum Gasteiger partial charge on any atom is 0.283 e. The van der Waals surface area contributed by atoms with Gasteiger partial charge in [-0.2, -0.15) is 11.8 Å². The minimum absolute atomic E-state index is 0.0913. The van der Waals surface area contributed by atoms with E-state index in [1.807, 2.05) is 18.2 Å². The van der Waals surface area contributed by atoms with Crippen LogP contribution in [-0.4, -0.2) is 58.1 Å². The molecule has 1 aromatic heterocycles. The van der Waals surface area contributed by atoms with Crippen LogP contribution in [0.5, 0.6) is 0 Å². The summed E-state index contributed by atoms with van der Waals surface area (Å²) in [5.41, 5.74) is 7.82. The molecule has 0 bridgehead atoms. The molecule has 0 fully saturated rings. The van der Waals surface area contributed by atoms with Crippen molar-refractivity contribution in [1.82, 2.24) is 14.5 Å². The highest BCUT2D eigenvalue weighted by Gasteiger charge is 2.23. The summed E-state index contributed by atoms with van der Waals surface area (Å²) in [5.74, 6) is 0.772. The van der Waals surface area contributed by atoms with Crippen molar-refractivity contribution in [3.8, 4) is 0 Å². The van der Waals surface area contributed by atoms with Crippen LogP contribution in [0.15, 0.2) is 24.0 Å². The number of rotatable bonds is 9. The maximum absolute atomic E-state index is 11.1. The van der Waals surface area contributed by atoms with Gasteiger partial charge < -0.3 is 20.3 Å². The van der Waals surface area contributed by atoms with Gasteiger partial charge in [-0.15, -0.1) is 0 Å². The number of aromatic nitrogens is 2. The first-order valence-electron chi connectivity index (χ1n) is 8.96. The van der Waals surface area contributed by atoms with Crippen LogP contribution >= 0.6 is 11.8 Å². The Balaban J connectivity index is 2.46. The van der Waals surface area contributed by atoms with Crippen molar-refractivity contribution in [2.24, 2.45) is 11.1 Å². The summed E-state index contributed by atoms with van der Waals surface area (Å²) in [7, 11) is 4.18. The number of carbonyl (C=O) groups excluding carboxylic acids is 1. The second kappa shape index (κ2) is 8.80. The summed E-state index contributed by atoms with van der Waals surface area (Å²) >= 11 is 1.80. The Morgan fingerprint density at radius 3 is 2.70 bits per heavy atom. The molecule has 27 heavy (non-hydrogen) atoms. The smallest absolute Gasteiger partial charge is 0.283 e. The van der Waals surface area contributed by atoms with Gasteiger partial charge in [-0.3, -0.25) is 4.79 Å². The van der Waals surface area contributed by atoms with Crippen molar-refractivity contribution in [2.45, 2.75) is 26.8 Å². The Morgan fingerprint density at radius 1 is 1.41 bits per heavy atom. The summed E-state index contributed by atoms with van der Waals surface area (Å²) in [6.45, 7) is 6.37. The van der Waals surface area contributed by atoms with Gasteiger partial charge in [-0.05, 0) is 49.5 Å². The summed E-state index contributed by atoms with van der Waals surface area (Å²) in [6, 6.07) is 5.75. The Kier molecular flexibility index (Phi) is 6.95. The monoisotopic (exact) mass is 390 g/mol. The summed E-state index contributed by atoms with van der Waals surface area (Å²) < 4.78 is 2.30. The number of fused-ring (bicyclic) bond motifs is 1. The lowest BCUT2D eigenvalue weighted by atomic mass is 9.92. The average Bonchev–Trinajstić information content (AvgIpc) is 2.87. The SMILES string of the molecule is CSCCc1nc2cc(/C=C(/O)C(N)=O)ccc2n1CC(C)(C)CN(C)C. The number of hydrogen-bond acceptors (Lipinski definition) is 5. The lowest BCUT2D eigenvalue weighted by molar-refractivity contribution is -0.116. The molecule has 7 heteroatoms. The largest absolute Gasteiger partial charge is 0.503 e. The Labute approximate surface area is 165 Å². The normalized spacial score (nSPS) is 12.9. The molecule has 1 heterocycles. The average molecular weight is 391 g/mol. The molecule has 3 N–H and O–H groups in total. The van der Waals surface area contributed by atoms with Gasteiger partial charge in [-0.1, -0.05) is 19.9 Å². The molecular weight excluding hydrogens is 360 g/mol. The number of thioether (sulfide) groups is 1. The van der Waals surface area contributed by atoms with Crippen molar-refractivity contribution in [2.75, 3.05) is 32.6 Å². The zero-order chi connectivity index (χ0) is 20.2. The fraction of sp³-hybridized carbons (Fsp3) is 0.500. The minimum atomic E-state index is -0.841. The number of aliphatic hydroxyl groups excluding tert-OH is 1. The molecule has 0 saturated carbocycles. The van der Waals surface area contributed by atoms with E-state index >= 15 is 0 Å². The van der Waals surface area contributed by atoms with Gasteiger partial charge in [0.2, 0.25) is 0 Å². The number of benzene rings is 1. The molecule has 1 aromatic carbocycles. The number of aliphatic hydroxyl groups is 1. The topological polar surface area (TPSA) is 84.4 Å². The molecule has 0 spiro atoms. The number of aryl methyl sites for hydroxylation is 1. The number of imidazole rings is 1. The van der Waals surface area contributed by atoms with Gasteiger partial charge in [-0.25, -0.2) is 4.98 Å². The maximum atomic E-state index is 11.1. The van der Waals surface area contributed by atoms with Crippen LogP contribution in [-0.2, 0) is 17.8 Å². The summed E-state index contributed by atoms with van der Waals surface area (Å²) in [4.78, 5) is 18.1. The molecule has 0 unspecified atom stereocenters. The molecule has 2 rings (SSSR count). The van der Waals surface area contributed by atoms with E-state index in [2.05, 4.69) is 43.7 Å². The van der Waals surface area contributed by atoms with Gasteiger partial charge in [0.1, 0.15) is 5.82 Å². The zero-order valence-electron chi connectivity index (χ0n) is 16.8. The molecule has 0 atom stereocenters. The lowest BCUT2D eigenvalue weighted by Gasteiger charge is -2.29. The highest BCUT2D eigenvalue weighted by Crippen LogP contribution is 2.26. The molecule has 6 nitrogen and oxygen atoms in total. The van der Waals surface area contributed by atoms with Crippen LogP contribution in [0.2, 0.25) is 0 Å². The lowest BCUT2D eigenvalue weighted by Crippen LogP contribution is -2.32. The number of amides is 1. The third kappa shape index (κ3) is 5.74. The predicted octanol–water partition coefficient (Wildman–Crippen LogP) is 2.91. The molecule has 0 aliphatic heterocycles. The summed E-state index contributed by atoms with van der Waals surface area (Å²) in [6.07, 6.45) is 4.36. The van der Waals surface area contributed by atoms with Crippen LogP contribution in [0.1, 0.15) is 25.2 Å². The van der Waals surface area contributed by atoms with Crippen LogP contribution in [0.25, 0.3) is 17.1 Å². The number of nitrogens with zero attached hydrogens (tertiary/aromatic N) is 3. The van der Waals surface area contributed by atoms with E-state index < -0.39 is 11.7 Å². The fourth-order valence-electron chi connectivity index (χ4n) is 3.41. The molecule has 1 amide bonds. The van der Waals surface area contributed by atoms with E-state index in [4.69, 9.17) is 10.7 Å². The Bertz CT molecular complexity index is 840. The predicted molar refractivity (Wildman–Crippen MR) is 114 cm³/mol. The van der Waals surface area contributed by atoms with Gasteiger partial charge in [0.25, 0.3) is 5.91 Å². The molecule has 0 aliphatic rings. The minimum Gasteiger partial charge on any atom is -0.503 e. The second-order valence-electron chi connectivity index (χ2n) is 7.90. The second-order valence-corrected chi connectivity index (χ2v) is 8.89. The van der Waals surface area contributed by atoms with Crippen LogP contribution in [0, 0.1) is 5.41 Å². The number of nitrogens with two attached hydrogens (primary N) is 1. The molecule has 0 radical (unpaired) electrons. The van der Waals surface area contributed by atoms with Gasteiger partial charge >= 0.3 is 0 Å². The summed E-state index contributed by atoms with van der Waals surface area (Å²) in [5, 5.41) is 9.62. The third-order valence-corrected chi connectivity index (χ3v) is 4.88. The van der Waals surface area contributed by atoms with E-state index in [-0.39, 0.29) is 5.41 Å². The standard InChI is InChI=1S/C20H30N4O2S/c1-20(2,12-23(3)4)13-24-16-7-6-14(11-17(25)19(21)26)10-15(16)22-18(24)8-9-27-5/h6-7,10-11,25H,8-9,12-13H2,1-5H3,(H2,21,26)/b17-11+. The van der Waals surface area contributed by atoms with E-state index in [1.165, 1.54) is 6.08 Å². The van der Waals surface area contributed by atoms with Crippen molar-refractivity contribution >= 4 is 34.8 Å². The van der Waals surface area contributed by atoms with E-state index in [1.54, 1.807) is 11.8 Å². The quantitative estimate of drug-likeness (QED) is 0.508. The van der Waals surface area contributed by atoms with Gasteiger partial charge in [0, 0.05) is 25.3 Å².